The number of hydrogen-bond acceptors (Lipinski definition) is 7. The van der Waals surface area contributed by atoms with E-state index >= 15 is 0 Å². The van der Waals surface area contributed by atoms with Gasteiger partial charge >= 0.3 is 0 Å². The van der Waals surface area contributed by atoms with Gasteiger partial charge in [-0.15, -0.1) is 11.8 Å². The lowest BCUT2D eigenvalue weighted by molar-refractivity contribution is -0.127. The molecule has 9 heteroatoms. The van der Waals surface area contributed by atoms with Crippen LogP contribution in [0.5, 0.6) is 11.5 Å². The van der Waals surface area contributed by atoms with E-state index in [0.29, 0.717) is 29.6 Å². The van der Waals surface area contributed by atoms with E-state index in [4.69, 9.17) is 14.0 Å². The molecule has 0 saturated heterocycles. The van der Waals surface area contributed by atoms with Gasteiger partial charge in [-0.3, -0.25) is 9.59 Å². The van der Waals surface area contributed by atoms with Crippen LogP contribution >= 0.6 is 11.8 Å². The van der Waals surface area contributed by atoms with Crippen LogP contribution in [0.4, 0.5) is 5.82 Å². The smallest absolute Gasteiger partial charge is 0.238 e. The summed E-state index contributed by atoms with van der Waals surface area (Å²) in [5.41, 5.74) is 0.842. The Morgan fingerprint density at radius 2 is 2.07 bits per heavy atom. The largest absolute Gasteiger partial charge is 0.493 e. The molecule has 8 nitrogen and oxygen atoms in total. The van der Waals surface area contributed by atoms with Gasteiger partial charge in [-0.05, 0) is 19.9 Å². The summed E-state index contributed by atoms with van der Waals surface area (Å²) in [4.78, 5) is 26.2. The number of hydrogen-bond donors (Lipinski definition) is 1. The average molecular weight is 407 g/mol. The van der Waals surface area contributed by atoms with Gasteiger partial charge in [0, 0.05) is 25.2 Å². The summed E-state index contributed by atoms with van der Waals surface area (Å²) in [6, 6.07) is 7.17. The summed E-state index contributed by atoms with van der Waals surface area (Å²) in [5.74, 6) is 2.05. The minimum absolute atomic E-state index is 0.0909. The van der Waals surface area contributed by atoms with E-state index in [1.807, 2.05) is 12.1 Å². The molecule has 0 spiro atoms. The molecular formula is C19H25N3O5S. The van der Waals surface area contributed by atoms with Crippen molar-refractivity contribution in [3.63, 3.8) is 0 Å². The van der Waals surface area contributed by atoms with Gasteiger partial charge in [0.25, 0.3) is 0 Å². The first-order valence-corrected chi connectivity index (χ1v) is 9.70. The molecule has 0 radical (unpaired) electrons. The summed E-state index contributed by atoms with van der Waals surface area (Å²) in [6.07, 6.45) is 0. The highest BCUT2D eigenvalue weighted by Gasteiger charge is 2.19. The number of anilines is 1. The van der Waals surface area contributed by atoms with Crippen molar-refractivity contribution in [1.29, 1.82) is 0 Å². The molecule has 0 bridgehead atoms. The molecule has 2 rings (SSSR count). The number of rotatable bonds is 9. The third-order valence-corrected chi connectivity index (χ3v) is 5.15. The maximum Gasteiger partial charge on any atom is 0.238 e. The number of nitrogens with zero attached hydrogens (tertiary/aromatic N) is 2. The van der Waals surface area contributed by atoms with Gasteiger partial charge < -0.3 is 24.2 Å². The molecule has 28 heavy (non-hydrogen) atoms. The van der Waals surface area contributed by atoms with Gasteiger partial charge in [0.15, 0.2) is 17.3 Å². The number of methoxy groups -OCH3 is 2. The maximum atomic E-state index is 12.5. The minimum atomic E-state index is -0.416. The first-order chi connectivity index (χ1) is 13.3. The lowest BCUT2D eigenvalue weighted by Crippen LogP contribution is -2.30. The molecule has 0 fully saturated rings. The van der Waals surface area contributed by atoms with Crippen LogP contribution in [0.25, 0.3) is 0 Å². The predicted molar refractivity (Wildman–Crippen MR) is 108 cm³/mol. The Morgan fingerprint density at radius 1 is 1.32 bits per heavy atom. The molecule has 0 aliphatic heterocycles. The lowest BCUT2D eigenvalue weighted by Gasteiger charge is -2.20. The van der Waals surface area contributed by atoms with E-state index in [9.17, 15) is 9.59 Å². The molecule has 1 N–H and O–H groups in total. The molecule has 1 aromatic carbocycles. The summed E-state index contributed by atoms with van der Waals surface area (Å²) >= 11 is 1.26. The Kier molecular flexibility index (Phi) is 7.74. The van der Waals surface area contributed by atoms with Crippen molar-refractivity contribution in [3.8, 4) is 11.5 Å². The molecule has 0 saturated carbocycles. The van der Waals surface area contributed by atoms with Crippen LogP contribution in [0, 0.1) is 6.92 Å². The third kappa shape index (κ3) is 5.66. The fourth-order valence-corrected chi connectivity index (χ4v) is 3.28. The van der Waals surface area contributed by atoms with Crippen molar-refractivity contribution in [1.82, 2.24) is 10.1 Å². The van der Waals surface area contributed by atoms with Crippen LogP contribution < -0.4 is 14.8 Å². The molecular weight excluding hydrogens is 382 g/mol. The summed E-state index contributed by atoms with van der Waals surface area (Å²) < 4.78 is 15.6. The number of carbonyl (C=O) groups is 2. The Morgan fingerprint density at radius 3 is 2.68 bits per heavy atom. The molecule has 1 heterocycles. The summed E-state index contributed by atoms with van der Waals surface area (Å²) in [7, 11) is 4.85. The van der Waals surface area contributed by atoms with E-state index in [1.54, 1.807) is 52.1 Å². The number of aromatic nitrogens is 1. The van der Waals surface area contributed by atoms with E-state index in [-0.39, 0.29) is 17.6 Å². The van der Waals surface area contributed by atoms with Crippen molar-refractivity contribution in [2.45, 2.75) is 25.6 Å². The fraction of sp³-hybridized carbons (Fsp3) is 0.421. The first kappa shape index (κ1) is 21.6. The number of para-hydroxylation sites is 1. The zero-order chi connectivity index (χ0) is 20.7. The minimum Gasteiger partial charge on any atom is -0.493 e. The van der Waals surface area contributed by atoms with Gasteiger partial charge in [-0.1, -0.05) is 17.3 Å². The van der Waals surface area contributed by atoms with Crippen LogP contribution in [0.1, 0.15) is 18.2 Å². The number of amides is 2. The van der Waals surface area contributed by atoms with Gasteiger partial charge in [0.05, 0.1) is 25.2 Å². The first-order valence-electron chi connectivity index (χ1n) is 8.65. The predicted octanol–water partition coefficient (Wildman–Crippen LogP) is 2.72. The SMILES string of the molecule is COc1cccc(CN(C)C(=O)CS[C@@H](C)C(=O)Nc2cc(C)on2)c1OC. The normalized spacial score (nSPS) is 11.6. The monoisotopic (exact) mass is 407 g/mol. The molecule has 2 aromatic rings. The van der Waals surface area contributed by atoms with Crippen molar-refractivity contribution in [3.05, 3.63) is 35.6 Å². The second-order valence-electron chi connectivity index (χ2n) is 6.17. The highest BCUT2D eigenvalue weighted by molar-refractivity contribution is 8.01. The Bertz CT molecular complexity index is 824. The summed E-state index contributed by atoms with van der Waals surface area (Å²) in [6.45, 7) is 3.86. The van der Waals surface area contributed by atoms with Crippen molar-refractivity contribution in [2.75, 3.05) is 32.3 Å². The molecule has 0 unspecified atom stereocenters. The van der Waals surface area contributed by atoms with Crippen LogP contribution in [-0.2, 0) is 16.1 Å². The topological polar surface area (TPSA) is 93.9 Å². The number of carbonyl (C=O) groups excluding carboxylic acids is 2. The number of thioether (sulfide) groups is 1. The molecule has 1 aromatic heterocycles. The molecule has 0 aliphatic rings. The number of benzene rings is 1. The lowest BCUT2D eigenvalue weighted by atomic mass is 10.1. The van der Waals surface area contributed by atoms with E-state index in [1.165, 1.54) is 11.8 Å². The van der Waals surface area contributed by atoms with E-state index in [2.05, 4.69) is 10.5 Å². The standard InChI is InChI=1S/C19H25N3O5S/c1-12-9-16(21-27-12)20-19(24)13(2)28-11-17(23)22(3)10-14-7-6-8-15(25-4)18(14)26-5/h6-9,13H,10-11H2,1-5H3,(H,20,21,24)/t13-/m0/s1. The maximum absolute atomic E-state index is 12.5. The van der Waals surface area contributed by atoms with Crippen molar-refractivity contribution >= 4 is 29.4 Å². The Labute approximate surface area is 168 Å². The van der Waals surface area contributed by atoms with Crippen molar-refractivity contribution < 1.29 is 23.6 Å². The molecule has 0 aliphatic carbocycles. The zero-order valence-corrected chi connectivity index (χ0v) is 17.5. The van der Waals surface area contributed by atoms with Crippen LogP contribution in [0.15, 0.2) is 28.8 Å². The Hall–Kier alpha value is -2.68. The van der Waals surface area contributed by atoms with Gasteiger partial charge in [-0.25, -0.2) is 0 Å². The van der Waals surface area contributed by atoms with Crippen molar-refractivity contribution in [2.24, 2.45) is 0 Å². The molecule has 152 valence electrons. The van der Waals surface area contributed by atoms with E-state index < -0.39 is 5.25 Å². The highest BCUT2D eigenvalue weighted by Crippen LogP contribution is 2.31. The van der Waals surface area contributed by atoms with Crippen LogP contribution in [-0.4, -0.2) is 54.1 Å². The average Bonchev–Trinajstić information content (AvgIpc) is 3.09. The quantitative estimate of drug-likeness (QED) is 0.683. The van der Waals surface area contributed by atoms with Gasteiger partial charge in [-0.2, -0.15) is 0 Å². The zero-order valence-electron chi connectivity index (χ0n) is 16.6. The fourth-order valence-electron chi connectivity index (χ4n) is 2.46. The van der Waals surface area contributed by atoms with Gasteiger partial charge in [0.1, 0.15) is 5.76 Å². The molecule has 2 amide bonds. The van der Waals surface area contributed by atoms with Crippen LogP contribution in [0.3, 0.4) is 0 Å². The highest BCUT2D eigenvalue weighted by atomic mass is 32.2. The summed E-state index contributed by atoms with van der Waals surface area (Å²) in [5, 5.41) is 5.97. The second kappa shape index (κ2) is 10.0. The molecule has 1 atom stereocenters. The Balaban J connectivity index is 1.87. The number of nitrogens with one attached hydrogen (secondary N) is 1. The van der Waals surface area contributed by atoms with Gasteiger partial charge in [0.2, 0.25) is 11.8 Å². The van der Waals surface area contributed by atoms with E-state index in [0.717, 1.165) is 5.56 Å². The number of aryl methyl sites for hydroxylation is 1. The second-order valence-corrected chi connectivity index (χ2v) is 7.50. The van der Waals surface area contributed by atoms with Crippen LogP contribution in [0.2, 0.25) is 0 Å². The third-order valence-electron chi connectivity index (χ3n) is 4.02. The number of ether oxygens (including phenoxy) is 2.